The van der Waals surface area contributed by atoms with E-state index in [4.69, 9.17) is 9.72 Å². The van der Waals surface area contributed by atoms with Crippen LogP contribution in [-0.4, -0.2) is 58.1 Å². The molecule has 4 aromatic rings. The topological polar surface area (TPSA) is 90.7 Å². The summed E-state index contributed by atoms with van der Waals surface area (Å²) in [6.07, 6.45) is 4.50. The smallest absolute Gasteiger partial charge is 0.319 e. The van der Waals surface area contributed by atoms with Crippen LogP contribution >= 0.6 is 0 Å². The first-order valence-electron chi connectivity index (χ1n) is 13.6. The molecule has 8 heteroatoms. The highest BCUT2D eigenvalue weighted by molar-refractivity contribution is 6.01. The Morgan fingerprint density at radius 3 is 2.55 bits per heavy atom. The number of aromatic hydroxyl groups is 1. The zero-order valence-electron chi connectivity index (χ0n) is 21.1. The van der Waals surface area contributed by atoms with Crippen LogP contribution in [0.25, 0.3) is 32.8 Å². The summed E-state index contributed by atoms with van der Waals surface area (Å²) in [5, 5.41) is 26.6. The SMILES string of the molecule is Oc1cc(-c2ccc3c(N4C[C@H]5CC[C@@H](C4)N5)nc(OCC4CCCC4O)nc3c2F)c2ccccc2c1. The van der Waals surface area contributed by atoms with Gasteiger partial charge in [-0.25, -0.2) is 4.39 Å². The molecule has 196 valence electrons. The van der Waals surface area contributed by atoms with E-state index in [1.54, 1.807) is 18.2 Å². The Morgan fingerprint density at radius 2 is 1.76 bits per heavy atom. The Balaban J connectivity index is 1.36. The normalized spacial score (nSPS) is 24.9. The number of ether oxygens (including phenoxy) is 1. The summed E-state index contributed by atoms with van der Waals surface area (Å²) in [6, 6.07) is 15.5. The summed E-state index contributed by atoms with van der Waals surface area (Å²) in [5.41, 5.74) is 1.18. The lowest BCUT2D eigenvalue weighted by atomic mass is 9.96. The Bertz CT molecular complexity index is 1520. The molecular weight excluding hydrogens is 483 g/mol. The third kappa shape index (κ3) is 4.12. The van der Waals surface area contributed by atoms with Crippen molar-refractivity contribution in [2.45, 2.75) is 50.3 Å². The van der Waals surface area contributed by atoms with E-state index in [0.29, 0.717) is 41.0 Å². The second-order valence-electron chi connectivity index (χ2n) is 11.0. The molecule has 1 saturated carbocycles. The van der Waals surface area contributed by atoms with Gasteiger partial charge >= 0.3 is 6.01 Å². The molecule has 1 aliphatic carbocycles. The predicted molar refractivity (Wildman–Crippen MR) is 145 cm³/mol. The van der Waals surface area contributed by atoms with Crippen LogP contribution in [0.5, 0.6) is 11.8 Å². The maximum absolute atomic E-state index is 16.4. The van der Waals surface area contributed by atoms with Gasteiger partial charge in [0, 0.05) is 42.0 Å². The molecule has 2 aliphatic heterocycles. The van der Waals surface area contributed by atoms with E-state index in [0.717, 1.165) is 56.0 Å². The molecule has 3 heterocycles. The highest BCUT2D eigenvalue weighted by atomic mass is 19.1. The quantitative estimate of drug-likeness (QED) is 0.353. The molecule has 0 amide bonds. The first-order chi connectivity index (χ1) is 18.5. The van der Waals surface area contributed by atoms with Crippen molar-refractivity contribution in [2.75, 3.05) is 24.6 Å². The van der Waals surface area contributed by atoms with Gasteiger partial charge in [-0.2, -0.15) is 9.97 Å². The molecule has 1 aromatic heterocycles. The van der Waals surface area contributed by atoms with E-state index in [2.05, 4.69) is 15.2 Å². The van der Waals surface area contributed by atoms with Gasteiger partial charge in [0.25, 0.3) is 0 Å². The van der Waals surface area contributed by atoms with E-state index >= 15 is 4.39 Å². The van der Waals surface area contributed by atoms with Crippen molar-refractivity contribution >= 4 is 27.5 Å². The molecule has 3 fully saturated rings. The van der Waals surface area contributed by atoms with Crippen LogP contribution in [0.15, 0.2) is 48.5 Å². The van der Waals surface area contributed by atoms with Gasteiger partial charge in [0.1, 0.15) is 17.1 Å². The number of nitrogens with one attached hydrogen (secondary N) is 1. The van der Waals surface area contributed by atoms with Gasteiger partial charge in [0.05, 0.1) is 12.7 Å². The van der Waals surface area contributed by atoms with Crippen molar-refractivity contribution in [1.29, 1.82) is 0 Å². The number of piperazine rings is 1. The van der Waals surface area contributed by atoms with Crippen molar-refractivity contribution in [3.63, 3.8) is 0 Å². The lowest BCUT2D eigenvalue weighted by Gasteiger charge is -2.34. The third-order valence-electron chi connectivity index (χ3n) is 8.46. The molecular formula is C30H31FN4O3. The Kier molecular flexibility index (Phi) is 5.82. The molecule has 0 spiro atoms. The first-order valence-corrected chi connectivity index (χ1v) is 13.6. The van der Waals surface area contributed by atoms with Crippen molar-refractivity contribution in [3.05, 3.63) is 54.3 Å². The van der Waals surface area contributed by atoms with Gasteiger partial charge in [-0.3, -0.25) is 0 Å². The number of rotatable bonds is 5. The lowest BCUT2D eigenvalue weighted by molar-refractivity contribution is 0.0954. The average molecular weight is 515 g/mol. The summed E-state index contributed by atoms with van der Waals surface area (Å²) in [5.74, 6) is 0.326. The number of halogens is 1. The molecule has 0 radical (unpaired) electrons. The zero-order chi connectivity index (χ0) is 25.8. The molecule has 38 heavy (non-hydrogen) atoms. The molecule has 2 bridgehead atoms. The van der Waals surface area contributed by atoms with Crippen molar-refractivity contribution < 1.29 is 19.3 Å². The second kappa shape index (κ2) is 9.36. The summed E-state index contributed by atoms with van der Waals surface area (Å²) >= 11 is 0. The minimum atomic E-state index is -0.467. The Hall–Kier alpha value is -3.49. The molecule has 3 aliphatic rings. The number of phenolic OH excluding ortho intramolecular Hbond substituents is 1. The summed E-state index contributed by atoms with van der Waals surface area (Å²) in [6.45, 7) is 1.89. The number of hydrogen-bond donors (Lipinski definition) is 3. The summed E-state index contributed by atoms with van der Waals surface area (Å²) in [4.78, 5) is 11.6. The molecule has 3 N–H and O–H groups in total. The fraction of sp³-hybridized carbons (Fsp3) is 0.400. The van der Waals surface area contributed by atoms with E-state index in [9.17, 15) is 10.2 Å². The predicted octanol–water partition coefficient (Wildman–Crippen LogP) is 4.78. The van der Waals surface area contributed by atoms with E-state index in [1.165, 1.54) is 0 Å². The molecule has 3 aromatic carbocycles. The van der Waals surface area contributed by atoms with E-state index in [-0.39, 0.29) is 29.3 Å². The standard InChI is InChI=1S/C30H31FN4O3/c31-27-23(25-13-21(36)12-17-4-1-2-6-22(17)25)10-11-24-28(27)33-30(38-16-18-5-3-7-26(18)37)34-29(24)35-14-19-8-9-20(15-35)32-19/h1-2,4,6,10-13,18-20,26,32,36-37H,3,5,7-9,14-16H2/t18?,19-,20+,26?. The number of hydrogen-bond acceptors (Lipinski definition) is 7. The summed E-state index contributed by atoms with van der Waals surface area (Å²) < 4.78 is 22.4. The number of aliphatic hydroxyl groups excluding tert-OH is 1. The van der Waals surface area contributed by atoms with Crippen LogP contribution in [0, 0.1) is 11.7 Å². The third-order valence-corrected chi connectivity index (χ3v) is 8.46. The van der Waals surface area contributed by atoms with Gasteiger partial charge in [0.15, 0.2) is 5.82 Å². The fourth-order valence-corrected chi connectivity index (χ4v) is 6.52. The van der Waals surface area contributed by atoms with Crippen LogP contribution in [0.1, 0.15) is 32.1 Å². The highest BCUT2D eigenvalue weighted by Crippen LogP contribution is 2.39. The second-order valence-corrected chi connectivity index (χ2v) is 11.0. The van der Waals surface area contributed by atoms with Crippen molar-refractivity contribution in [3.8, 4) is 22.9 Å². The van der Waals surface area contributed by atoms with Crippen molar-refractivity contribution in [2.24, 2.45) is 5.92 Å². The van der Waals surface area contributed by atoms with Crippen LogP contribution in [0.4, 0.5) is 10.2 Å². The van der Waals surface area contributed by atoms with Gasteiger partial charge in [-0.1, -0.05) is 36.8 Å². The van der Waals surface area contributed by atoms with E-state index in [1.807, 2.05) is 30.3 Å². The number of benzene rings is 3. The van der Waals surface area contributed by atoms with Gasteiger partial charge in [0.2, 0.25) is 0 Å². The number of nitrogens with zero attached hydrogens (tertiary/aromatic N) is 3. The monoisotopic (exact) mass is 514 g/mol. The number of anilines is 1. The minimum absolute atomic E-state index is 0.0302. The Morgan fingerprint density at radius 1 is 0.947 bits per heavy atom. The maximum atomic E-state index is 16.4. The molecule has 7 rings (SSSR count). The number of phenols is 1. The minimum Gasteiger partial charge on any atom is -0.508 e. The van der Waals surface area contributed by atoms with Gasteiger partial charge in [-0.05, 0) is 60.2 Å². The van der Waals surface area contributed by atoms with Crippen LogP contribution in [0.3, 0.4) is 0 Å². The van der Waals surface area contributed by atoms with Crippen molar-refractivity contribution in [1.82, 2.24) is 15.3 Å². The van der Waals surface area contributed by atoms with Gasteiger partial charge < -0.3 is 25.2 Å². The molecule has 2 saturated heterocycles. The average Bonchev–Trinajstić information content (AvgIpc) is 3.50. The Labute approximate surface area is 220 Å². The summed E-state index contributed by atoms with van der Waals surface area (Å²) in [7, 11) is 0. The van der Waals surface area contributed by atoms with Crippen LogP contribution < -0.4 is 15.0 Å². The zero-order valence-corrected chi connectivity index (χ0v) is 21.1. The largest absolute Gasteiger partial charge is 0.508 e. The van der Waals surface area contributed by atoms with E-state index < -0.39 is 5.82 Å². The molecule has 7 nitrogen and oxygen atoms in total. The fourth-order valence-electron chi connectivity index (χ4n) is 6.52. The molecule has 2 unspecified atom stereocenters. The highest BCUT2D eigenvalue weighted by Gasteiger charge is 2.34. The number of aliphatic hydroxyl groups is 1. The van der Waals surface area contributed by atoms with Crippen LogP contribution in [0.2, 0.25) is 0 Å². The number of aromatic nitrogens is 2. The first kappa shape index (κ1) is 23.6. The number of fused-ring (bicyclic) bond motifs is 4. The maximum Gasteiger partial charge on any atom is 0.319 e. The van der Waals surface area contributed by atoms with Crippen LogP contribution in [-0.2, 0) is 0 Å². The lowest BCUT2D eigenvalue weighted by Crippen LogP contribution is -2.51. The van der Waals surface area contributed by atoms with Gasteiger partial charge in [-0.15, -0.1) is 0 Å². The molecule has 4 atom stereocenters.